The summed E-state index contributed by atoms with van der Waals surface area (Å²) in [5.41, 5.74) is 0.606. The van der Waals surface area contributed by atoms with Gasteiger partial charge in [0.15, 0.2) is 11.0 Å². The average Bonchev–Trinajstić information content (AvgIpc) is 2.64. The van der Waals surface area contributed by atoms with Crippen molar-refractivity contribution >= 4 is 19.0 Å². The number of methoxy groups -OCH3 is 2. The molecule has 0 aliphatic carbocycles. The second-order valence-corrected chi connectivity index (χ2v) is 8.05. The zero-order chi connectivity index (χ0) is 18.4. The van der Waals surface area contributed by atoms with Gasteiger partial charge in [0.05, 0.1) is 25.3 Å². The van der Waals surface area contributed by atoms with Crippen molar-refractivity contribution in [3.8, 4) is 11.5 Å². The fourth-order valence-corrected chi connectivity index (χ4v) is 4.75. The Morgan fingerprint density at radius 3 is 1.60 bits per heavy atom. The van der Waals surface area contributed by atoms with Crippen LogP contribution in [0.4, 0.5) is 0 Å². The molecule has 0 radical (unpaired) electrons. The van der Waals surface area contributed by atoms with Crippen LogP contribution in [0.25, 0.3) is 0 Å². The summed E-state index contributed by atoms with van der Waals surface area (Å²) in [6.45, 7) is 4.03. The molecule has 0 bridgehead atoms. The molecule has 2 aromatic carbocycles. The van der Waals surface area contributed by atoms with Crippen LogP contribution in [0.5, 0.6) is 11.5 Å². The number of hydrogen-bond acceptors (Lipinski definition) is 4. The average molecular weight is 358 g/mol. The minimum Gasteiger partial charge on any atom is -0.496 e. The third-order valence-electron chi connectivity index (χ3n) is 3.71. The molecule has 5 heteroatoms. The van der Waals surface area contributed by atoms with Crippen LogP contribution in [0.15, 0.2) is 48.5 Å². The third kappa shape index (κ3) is 4.46. The number of hydrogen-bond donors (Lipinski definition) is 0. The molecule has 2 rings (SSSR count). The van der Waals surface area contributed by atoms with Crippen molar-refractivity contribution < 1.29 is 19.1 Å². The van der Waals surface area contributed by atoms with E-state index in [1.807, 2.05) is 26.0 Å². The fraction of sp³-hybridized carbons (Fsp3) is 0.300. The SMILES string of the molecule is COc1ccccc1C(=O)P(CC(C)C)C(=O)c1ccccc1OC. The van der Waals surface area contributed by atoms with Gasteiger partial charge in [-0.25, -0.2) is 0 Å². The highest BCUT2D eigenvalue weighted by molar-refractivity contribution is 7.90. The van der Waals surface area contributed by atoms with E-state index in [-0.39, 0.29) is 17.0 Å². The van der Waals surface area contributed by atoms with Crippen LogP contribution in [-0.4, -0.2) is 31.4 Å². The van der Waals surface area contributed by atoms with Gasteiger partial charge in [-0.3, -0.25) is 9.59 Å². The van der Waals surface area contributed by atoms with Crippen LogP contribution in [0, 0.1) is 5.92 Å². The highest BCUT2D eigenvalue weighted by atomic mass is 31.1. The van der Waals surface area contributed by atoms with Crippen molar-refractivity contribution in [2.45, 2.75) is 13.8 Å². The van der Waals surface area contributed by atoms with Gasteiger partial charge in [0, 0.05) is 7.92 Å². The monoisotopic (exact) mass is 358 g/mol. The van der Waals surface area contributed by atoms with E-state index in [2.05, 4.69) is 0 Å². The lowest BCUT2D eigenvalue weighted by atomic mass is 10.2. The number of rotatable bonds is 8. The smallest absolute Gasteiger partial charge is 0.195 e. The van der Waals surface area contributed by atoms with Gasteiger partial charge in [-0.05, 0) is 36.3 Å². The number of carbonyl (C=O) groups excluding carboxylic acids is 2. The molecule has 132 valence electrons. The quantitative estimate of drug-likeness (QED) is 0.635. The third-order valence-corrected chi connectivity index (χ3v) is 6.27. The number of para-hydroxylation sites is 2. The molecule has 4 nitrogen and oxygen atoms in total. The highest BCUT2D eigenvalue weighted by Gasteiger charge is 2.32. The summed E-state index contributed by atoms with van der Waals surface area (Å²) in [4.78, 5) is 26.3. The van der Waals surface area contributed by atoms with Gasteiger partial charge >= 0.3 is 0 Å². The van der Waals surface area contributed by atoms with E-state index in [4.69, 9.17) is 9.47 Å². The molecule has 0 atom stereocenters. The summed E-state index contributed by atoms with van der Waals surface area (Å²) in [6.07, 6.45) is 0.531. The van der Waals surface area contributed by atoms with E-state index in [1.165, 1.54) is 14.2 Å². The Morgan fingerprint density at radius 1 is 0.840 bits per heavy atom. The van der Waals surface area contributed by atoms with E-state index in [9.17, 15) is 9.59 Å². The van der Waals surface area contributed by atoms with Crippen molar-refractivity contribution in [3.05, 3.63) is 59.7 Å². The maximum atomic E-state index is 13.2. The molecule has 0 saturated carbocycles. The van der Waals surface area contributed by atoms with Gasteiger partial charge in [0.25, 0.3) is 0 Å². The minimum absolute atomic E-state index is 0.156. The predicted octanol–water partition coefficient (Wildman–Crippen LogP) is 4.82. The molecule has 0 unspecified atom stereocenters. The number of benzene rings is 2. The lowest BCUT2D eigenvalue weighted by molar-refractivity contribution is 0.104. The molecular weight excluding hydrogens is 335 g/mol. The Bertz CT molecular complexity index is 695. The molecule has 0 aromatic heterocycles. The molecule has 0 amide bonds. The summed E-state index contributed by atoms with van der Waals surface area (Å²) < 4.78 is 10.6. The Morgan fingerprint density at radius 2 is 1.24 bits per heavy atom. The van der Waals surface area contributed by atoms with Gasteiger partial charge in [-0.1, -0.05) is 38.1 Å². The Kier molecular flexibility index (Phi) is 6.72. The normalized spacial score (nSPS) is 10.8. The largest absolute Gasteiger partial charge is 0.496 e. The van der Waals surface area contributed by atoms with E-state index < -0.39 is 7.92 Å². The topological polar surface area (TPSA) is 52.6 Å². The van der Waals surface area contributed by atoms with E-state index >= 15 is 0 Å². The Hall–Kier alpha value is -2.19. The lowest BCUT2D eigenvalue weighted by Crippen LogP contribution is -2.13. The first kappa shape index (κ1) is 19.1. The van der Waals surface area contributed by atoms with Gasteiger partial charge in [0.1, 0.15) is 11.5 Å². The Balaban J connectivity index is 2.45. The molecule has 0 aliphatic heterocycles. The first-order valence-electron chi connectivity index (χ1n) is 8.11. The molecule has 0 aliphatic rings. The van der Waals surface area contributed by atoms with Crippen LogP contribution in [0.3, 0.4) is 0 Å². The molecule has 0 N–H and O–H groups in total. The molecule has 0 heterocycles. The van der Waals surface area contributed by atoms with Crippen LogP contribution in [-0.2, 0) is 0 Å². The number of ether oxygens (including phenoxy) is 2. The number of carbonyl (C=O) groups is 2. The van der Waals surface area contributed by atoms with Crippen molar-refractivity contribution in [2.24, 2.45) is 5.92 Å². The zero-order valence-electron chi connectivity index (χ0n) is 15.0. The zero-order valence-corrected chi connectivity index (χ0v) is 15.9. The highest BCUT2D eigenvalue weighted by Crippen LogP contribution is 2.47. The molecule has 25 heavy (non-hydrogen) atoms. The van der Waals surface area contributed by atoms with Gasteiger partial charge < -0.3 is 9.47 Å². The van der Waals surface area contributed by atoms with E-state index in [0.29, 0.717) is 28.8 Å². The van der Waals surface area contributed by atoms with Crippen LogP contribution in [0.1, 0.15) is 34.6 Å². The summed E-state index contributed by atoms with van der Waals surface area (Å²) in [5.74, 6) is 1.22. The molecule has 0 fully saturated rings. The maximum absolute atomic E-state index is 13.2. The summed E-state index contributed by atoms with van der Waals surface area (Å²) in [5, 5.41) is 0. The molecule has 2 aromatic rings. The second kappa shape index (κ2) is 8.77. The van der Waals surface area contributed by atoms with Crippen molar-refractivity contribution in [1.29, 1.82) is 0 Å². The summed E-state index contributed by atoms with van der Waals surface area (Å²) in [7, 11) is 1.50. The van der Waals surface area contributed by atoms with E-state index in [0.717, 1.165) is 0 Å². The fourth-order valence-electron chi connectivity index (χ4n) is 2.56. The first-order valence-corrected chi connectivity index (χ1v) is 9.64. The predicted molar refractivity (Wildman–Crippen MR) is 101 cm³/mol. The van der Waals surface area contributed by atoms with Crippen LogP contribution >= 0.6 is 7.92 Å². The van der Waals surface area contributed by atoms with Crippen molar-refractivity contribution in [3.63, 3.8) is 0 Å². The second-order valence-electron chi connectivity index (χ2n) is 6.02. The van der Waals surface area contributed by atoms with Crippen LogP contribution in [0.2, 0.25) is 0 Å². The first-order chi connectivity index (χ1) is 12.0. The van der Waals surface area contributed by atoms with Crippen molar-refractivity contribution in [1.82, 2.24) is 0 Å². The van der Waals surface area contributed by atoms with Gasteiger partial charge in [-0.15, -0.1) is 0 Å². The minimum atomic E-state index is -1.56. The Labute approximate surface area is 149 Å². The molecule has 0 spiro atoms. The summed E-state index contributed by atoms with van der Waals surface area (Å²) >= 11 is 0. The summed E-state index contributed by atoms with van der Waals surface area (Å²) in [6, 6.07) is 14.1. The standard InChI is InChI=1S/C20H23O4P/c1-14(2)13-25(19(21)15-9-5-7-11-17(15)23-3)20(22)16-10-6-8-12-18(16)24-4/h5-12,14H,13H2,1-4H3. The van der Waals surface area contributed by atoms with Gasteiger partial charge in [0.2, 0.25) is 0 Å². The molecular formula is C20H23O4P. The van der Waals surface area contributed by atoms with Crippen LogP contribution < -0.4 is 9.47 Å². The lowest BCUT2D eigenvalue weighted by Gasteiger charge is -2.19. The molecule has 0 saturated heterocycles. The van der Waals surface area contributed by atoms with E-state index in [1.54, 1.807) is 36.4 Å². The van der Waals surface area contributed by atoms with Crippen molar-refractivity contribution in [2.75, 3.05) is 20.4 Å². The maximum Gasteiger partial charge on any atom is 0.195 e. The van der Waals surface area contributed by atoms with Gasteiger partial charge in [-0.2, -0.15) is 0 Å².